The van der Waals surface area contributed by atoms with Crippen LogP contribution in [-0.4, -0.2) is 12.5 Å². The van der Waals surface area contributed by atoms with Gasteiger partial charge < -0.3 is 11.1 Å². The Morgan fingerprint density at radius 1 is 1.50 bits per heavy atom. The fraction of sp³-hybridized carbons (Fsp3) is 0.545. The molecular weight excluding hydrogens is 333 g/mol. The van der Waals surface area contributed by atoms with Crippen LogP contribution in [-0.2, 0) is 6.54 Å². The molecule has 1 aromatic rings. The molecule has 0 amide bonds. The molecule has 0 fully saturated rings. The van der Waals surface area contributed by atoms with Crippen LogP contribution in [0.3, 0.4) is 0 Å². The summed E-state index contributed by atoms with van der Waals surface area (Å²) in [5, 5.41) is 3.09. The number of rotatable bonds is 5. The van der Waals surface area contributed by atoms with Gasteiger partial charge in [-0.25, -0.2) is 4.99 Å². The smallest absolute Gasteiger partial charge is 0.188 e. The Hall–Kier alpha value is -0.300. The first-order chi connectivity index (χ1) is 7.22. The first kappa shape index (κ1) is 15.7. The average Bonchev–Trinajstić information content (AvgIpc) is 2.62. The minimum absolute atomic E-state index is 0. The molecule has 1 aromatic heterocycles. The summed E-state index contributed by atoms with van der Waals surface area (Å²) in [7, 11) is 0. The molecule has 92 valence electrons. The van der Waals surface area contributed by atoms with E-state index in [2.05, 4.69) is 36.3 Å². The summed E-state index contributed by atoms with van der Waals surface area (Å²) < 4.78 is 0. The molecule has 0 aliphatic carbocycles. The molecule has 0 saturated carbocycles. The molecule has 0 aliphatic heterocycles. The highest BCUT2D eigenvalue weighted by molar-refractivity contribution is 14.0. The van der Waals surface area contributed by atoms with Gasteiger partial charge in [-0.1, -0.05) is 13.3 Å². The van der Waals surface area contributed by atoms with Crippen molar-refractivity contribution in [1.82, 2.24) is 5.32 Å². The lowest BCUT2D eigenvalue weighted by Gasteiger charge is -2.03. The number of aryl methyl sites for hydroxylation is 1. The van der Waals surface area contributed by atoms with Crippen molar-refractivity contribution in [2.75, 3.05) is 6.54 Å². The summed E-state index contributed by atoms with van der Waals surface area (Å²) >= 11 is 1.77. The van der Waals surface area contributed by atoms with Crippen molar-refractivity contribution in [1.29, 1.82) is 0 Å². The van der Waals surface area contributed by atoms with E-state index in [-0.39, 0.29) is 24.0 Å². The standard InChI is InChI=1S/C11H19N3S.HI/c1-3-4-7-13-11(12)14-8-10-6-5-9(2)15-10;/h5-6H,3-4,7-8H2,1-2H3,(H3,12,13,14);1H. The lowest BCUT2D eigenvalue weighted by atomic mass is 10.3. The highest BCUT2D eigenvalue weighted by atomic mass is 127. The topological polar surface area (TPSA) is 50.4 Å². The molecule has 3 N–H and O–H groups in total. The van der Waals surface area contributed by atoms with Crippen LogP contribution >= 0.6 is 35.3 Å². The number of nitrogens with two attached hydrogens (primary N) is 1. The van der Waals surface area contributed by atoms with Gasteiger partial charge in [0.15, 0.2) is 5.96 Å². The Labute approximate surface area is 119 Å². The summed E-state index contributed by atoms with van der Waals surface area (Å²) in [6, 6.07) is 4.21. The van der Waals surface area contributed by atoms with E-state index >= 15 is 0 Å². The predicted molar refractivity (Wildman–Crippen MR) is 82.7 cm³/mol. The molecule has 3 nitrogen and oxygen atoms in total. The lowest BCUT2D eigenvalue weighted by molar-refractivity contribution is 0.748. The summed E-state index contributed by atoms with van der Waals surface area (Å²) in [4.78, 5) is 6.85. The first-order valence-electron chi connectivity index (χ1n) is 5.31. The van der Waals surface area contributed by atoms with E-state index in [9.17, 15) is 0 Å². The van der Waals surface area contributed by atoms with Crippen molar-refractivity contribution in [3.8, 4) is 0 Å². The van der Waals surface area contributed by atoms with Gasteiger partial charge in [0.1, 0.15) is 0 Å². The Morgan fingerprint density at radius 2 is 2.25 bits per heavy atom. The largest absolute Gasteiger partial charge is 0.370 e. The van der Waals surface area contributed by atoms with Crippen LogP contribution in [0.15, 0.2) is 17.1 Å². The van der Waals surface area contributed by atoms with Crippen LogP contribution in [0, 0.1) is 6.92 Å². The predicted octanol–water partition coefficient (Wildman–Crippen LogP) is 2.88. The summed E-state index contributed by atoms with van der Waals surface area (Å²) in [6.07, 6.45) is 2.30. The number of aliphatic imine (C=N–C) groups is 1. The van der Waals surface area contributed by atoms with Gasteiger partial charge in [0, 0.05) is 16.3 Å². The highest BCUT2D eigenvalue weighted by Gasteiger charge is 1.95. The Balaban J connectivity index is 0.00000225. The van der Waals surface area contributed by atoms with E-state index in [4.69, 9.17) is 5.73 Å². The highest BCUT2D eigenvalue weighted by Crippen LogP contribution is 2.15. The van der Waals surface area contributed by atoms with Crippen LogP contribution in [0.5, 0.6) is 0 Å². The number of halogens is 1. The van der Waals surface area contributed by atoms with Crippen LogP contribution in [0.25, 0.3) is 0 Å². The van der Waals surface area contributed by atoms with Gasteiger partial charge in [0.05, 0.1) is 6.54 Å². The molecular formula is C11H20IN3S. The molecule has 0 atom stereocenters. The molecule has 5 heteroatoms. The number of nitrogens with zero attached hydrogens (tertiary/aromatic N) is 1. The minimum Gasteiger partial charge on any atom is -0.370 e. The number of unbranched alkanes of at least 4 members (excludes halogenated alkanes) is 1. The lowest BCUT2D eigenvalue weighted by Crippen LogP contribution is -2.32. The number of guanidine groups is 1. The molecule has 0 aliphatic rings. The van der Waals surface area contributed by atoms with Crippen molar-refractivity contribution in [3.63, 3.8) is 0 Å². The summed E-state index contributed by atoms with van der Waals surface area (Å²) in [5.41, 5.74) is 5.71. The molecule has 0 unspecified atom stereocenters. The monoisotopic (exact) mass is 353 g/mol. The molecule has 0 bridgehead atoms. The second-order valence-electron chi connectivity index (χ2n) is 3.49. The fourth-order valence-electron chi connectivity index (χ4n) is 1.18. The van der Waals surface area contributed by atoms with Crippen LogP contribution in [0.1, 0.15) is 29.5 Å². The molecule has 0 radical (unpaired) electrons. The normalized spacial score (nSPS) is 11.0. The Bertz CT molecular complexity index is 323. The second kappa shape index (κ2) is 8.81. The Kier molecular flexibility index (Phi) is 8.64. The van der Waals surface area contributed by atoms with Gasteiger partial charge in [-0.15, -0.1) is 35.3 Å². The van der Waals surface area contributed by atoms with E-state index in [0.29, 0.717) is 12.5 Å². The minimum atomic E-state index is 0. The average molecular weight is 353 g/mol. The van der Waals surface area contributed by atoms with Gasteiger partial charge in [-0.2, -0.15) is 0 Å². The summed E-state index contributed by atoms with van der Waals surface area (Å²) in [5.74, 6) is 0.550. The van der Waals surface area contributed by atoms with Crippen LogP contribution < -0.4 is 11.1 Å². The van der Waals surface area contributed by atoms with E-state index in [1.807, 2.05) is 0 Å². The van der Waals surface area contributed by atoms with Gasteiger partial charge in [-0.3, -0.25) is 0 Å². The second-order valence-corrected chi connectivity index (χ2v) is 4.87. The first-order valence-corrected chi connectivity index (χ1v) is 6.13. The van der Waals surface area contributed by atoms with Crippen molar-refractivity contribution >= 4 is 41.3 Å². The zero-order chi connectivity index (χ0) is 11.1. The Morgan fingerprint density at radius 3 is 2.81 bits per heavy atom. The van der Waals surface area contributed by atoms with Gasteiger partial charge in [-0.05, 0) is 25.5 Å². The number of thiophene rings is 1. The SMILES string of the molecule is CCCCNC(N)=NCc1ccc(C)s1.I. The number of hydrogen-bond donors (Lipinski definition) is 2. The van der Waals surface area contributed by atoms with Crippen molar-refractivity contribution in [2.24, 2.45) is 10.7 Å². The number of nitrogens with one attached hydrogen (secondary N) is 1. The van der Waals surface area contributed by atoms with Gasteiger partial charge in [0.2, 0.25) is 0 Å². The van der Waals surface area contributed by atoms with E-state index in [0.717, 1.165) is 13.0 Å². The van der Waals surface area contributed by atoms with Crippen LogP contribution in [0.2, 0.25) is 0 Å². The van der Waals surface area contributed by atoms with Crippen molar-refractivity contribution in [3.05, 3.63) is 21.9 Å². The van der Waals surface area contributed by atoms with Crippen molar-refractivity contribution in [2.45, 2.75) is 33.2 Å². The molecule has 0 spiro atoms. The maximum absolute atomic E-state index is 5.71. The van der Waals surface area contributed by atoms with E-state index in [1.165, 1.54) is 16.2 Å². The van der Waals surface area contributed by atoms with Crippen molar-refractivity contribution < 1.29 is 0 Å². The third kappa shape index (κ3) is 6.32. The fourth-order valence-corrected chi connectivity index (χ4v) is 2.00. The molecule has 16 heavy (non-hydrogen) atoms. The zero-order valence-corrected chi connectivity index (χ0v) is 13.0. The summed E-state index contributed by atoms with van der Waals surface area (Å²) in [6.45, 7) is 5.85. The third-order valence-corrected chi connectivity index (χ3v) is 3.02. The zero-order valence-electron chi connectivity index (χ0n) is 9.82. The molecule has 1 heterocycles. The maximum Gasteiger partial charge on any atom is 0.188 e. The molecule has 0 aromatic carbocycles. The number of hydrogen-bond acceptors (Lipinski definition) is 2. The van der Waals surface area contributed by atoms with E-state index in [1.54, 1.807) is 11.3 Å². The van der Waals surface area contributed by atoms with E-state index < -0.39 is 0 Å². The van der Waals surface area contributed by atoms with Gasteiger partial charge in [0.25, 0.3) is 0 Å². The quantitative estimate of drug-likeness (QED) is 0.370. The molecule has 0 saturated heterocycles. The van der Waals surface area contributed by atoms with Crippen LogP contribution in [0.4, 0.5) is 0 Å². The molecule has 1 rings (SSSR count). The van der Waals surface area contributed by atoms with Gasteiger partial charge >= 0.3 is 0 Å². The third-order valence-electron chi connectivity index (χ3n) is 2.04. The maximum atomic E-state index is 5.71.